The van der Waals surface area contributed by atoms with Crippen molar-refractivity contribution in [3.8, 4) is 5.75 Å². The maximum atomic E-state index is 12.8. The minimum Gasteiger partial charge on any atom is -0.494 e. The topological polar surface area (TPSA) is 93.3 Å². The number of carbonyl (C=O) groups excluding carboxylic acids is 1. The molecule has 2 N–H and O–H groups in total. The van der Waals surface area contributed by atoms with Gasteiger partial charge in [-0.1, -0.05) is 23.9 Å². The number of hydrogen-bond donors (Lipinski definition) is 2. The van der Waals surface area contributed by atoms with Gasteiger partial charge >= 0.3 is 5.97 Å². The Morgan fingerprint density at radius 3 is 2.59 bits per heavy atom. The van der Waals surface area contributed by atoms with Gasteiger partial charge in [0, 0.05) is 5.70 Å². The second kappa shape index (κ2) is 7.87. The quantitative estimate of drug-likeness (QED) is 0.463. The van der Waals surface area contributed by atoms with E-state index in [4.69, 9.17) is 9.47 Å². The van der Waals surface area contributed by atoms with Gasteiger partial charge in [-0.15, -0.1) is 0 Å². The van der Waals surface area contributed by atoms with Crippen LogP contribution in [0.25, 0.3) is 0 Å². The molecule has 1 aliphatic rings. The Bertz CT molecular complexity index is 950. The summed E-state index contributed by atoms with van der Waals surface area (Å²) in [4.78, 5) is 32.5. The third-order valence-corrected chi connectivity index (χ3v) is 4.92. The van der Waals surface area contributed by atoms with Crippen molar-refractivity contribution in [2.24, 2.45) is 0 Å². The second-order valence-electron chi connectivity index (χ2n) is 5.93. The number of ether oxygens (including phenoxy) is 2. The highest BCUT2D eigenvalue weighted by Gasteiger charge is 2.36. The number of esters is 1. The molecule has 142 valence electrons. The molecule has 1 atom stereocenters. The lowest BCUT2D eigenvalue weighted by Crippen LogP contribution is -2.30. The molecule has 0 aliphatic carbocycles. The molecule has 0 amide bonds. The normalized spacial score (nSPS) is 15.8. The predicted octanol–water partition coefficient (Wildman–Crippen LogP) is 2.89. The summed E-state index contributed by atoms with van der Waals surface area (Å²) in [5.41, 5.74) is 1.88. The summed E-state index contributed by atoms with van der Waals surface area (Å²) in [6.07, 6.45) is 1.83. The van der Waals surface area contributed by atoms with Crippen LogP contribution in [0.3, 0.4) is 0 Å². The molecule has 0 spiro atoms. The number of benzene rings is 1. The van der Waals surface area contributed by atoms with Gasteiger partial charge in [-0.25, -0.2) is 9.78 Å². The molecule has 0 saturated heterocycles. The Morgan fingerprint density at radius 2 is 2.00 bits per heavy atom. The predicted molar refractivity (Wildman–Crippen MR) is 104 cm³/mol. The largest absolute Gasteiger partial charge is 0.494 e. The second-order valence-corrected chi connectivity index (χ2v) is 6.72. The molecule has 0 radical (unpaired) electrons. The van der Waals surface area contributed by atoms with E-state index in [1.807, 2.05) is 37.4 Å². The average molecular weight is 387 g/mol. The summed E-state index contributed by atoms with van der Waals surface area (Å²) in [5.74, 6) is 0.0991. The van der Waals surface area contributed by atoms with E-state index in [0.29, 0.717) is 34.4 Å². The van der Waals surface area contributed by atoms with E-state index >= 15 is 0 Å². The zero-order valence-electron chi connectivity index (χ0n) is 15.6. The minimum absolute atomic E-state index is 0.287. The molecule has 7 nitrogen and oxygen atoms in total. The van der Waals surface area contributed by atoms with Crippen LogP contribution < -0.4 is 15.6 Å². The first kappa shape index (κ1) is 19.0. The van der Waals surface area contributed by atoms with Gasteiger partial charge in [-0.2, -0.15) is 0 Å². The Hall–Kier alpha value is -2.74. The van der Waals surface area contributed by atoms with Crippen LogP contribution in [0.5, 0.6) is 5.75 Å². The third-order valence-electron chi connectivity index (χ3n) is 4.34. The molecule has 0 fully saturated rings. The van der Waals surface area contributed by atoms with Crippen LogP contribution in [-0.2, 0) is 9.53 Å². The fourth-order valence-electron chi connectivity index (χ4n) is 3.16. The van der Waals surface area contributed by atoms with Gasteiger partial charge in [0.25, 0.3) is 5.56 Å². The van der Waals surface area contributed by atoms with Crippen LogP contribution >= 0.6 is 11.8 Å². The van der Waals surface area contributed by atoms with Crippen LogP contribution in [0.4, 0.5) is 5.82 Å². The van der Waals surface area contributed by atoms with E-state index in [0.717, 1.165) is 11.3 Å². The maximum absolute atomic E-state index is 12.8. The molecular weight excluding hydrogens is 366 g/mol. The zero-order chi connectivity index (χ0) is 19.6. The summed E-state index contributed by atoms with van der Waals surface area (Å²) in [6.45, 7) is 4.24. The van der Waals surface area contributed by atoms with Crippen molar-refractivity contribution in [3.63, 3.8) is 0 Å². The Labute approximate surface area is 161 Å². The number of anilines is 1. The number of thioether (sulfide) groups is 1. The van der Waals surface area contributed by atoms with Crippen molar-refractivity contribution in [1.82, 2.24) is 9.97 Å². The number of hydrogen-bond acceptors (Lipinski definition) is 7. The van der Waals surface area contributed by atoms with Gasteiger partial charge < -0.3 is 19.8 Å². The molecule has 1 aromatic heterocycles. The minimum atomic E-state index is -0.587. The van der Waals surface area contributed by atoms with E-state index in [1.54, 1.807) is 6.92 Å². The lowest BCUT2D eigenvalue weighted by molar-refractivity contribution is -0.136. The Balaban J connectivity index is 2.20. The third kappa shape index (κ3) is 3.57. The number of nitrogens with zero attached hydrogens (tertiary/aromatic N) is 1. The summed E-state index contributed by atoms with van der Waals surface area (Å²) < 4.78 is 10.5. The van der Waals surface area contributed by atoms with E-state index in [-0.39, 0.29) is 5.56 Å². The fourth-order valence-corrected chi connectivity index (χ4v) is 3.54. The van der Waals surface area contributed by atoms with Crippen LogP contribution in [0.1, 0.15) is 30.9 Å². The first-order valence-corrected chi connectivity index (χ1v) is 9.69. The number of aromatic amines is 1. The van der Waals surface area contributed by atoms with Crippen LogP contribution in [0, 0.1) is 0 Å². The Morgan fingerprint density at radius 1 is 1.30 bits per heavy atom. The lowest BCUT2D eigenvalue weighted by Gasteiger charge is -2.28. The van der Waals surface area contributed by atoms with Crippen LogP contribution in [-0.4, -0.2) is 35.9 Å². The first-order valence-electron chi connectivity index (χ1n) is 8.47. The number of nitrogens with one attached hydrogen (secondary N) is 2. The molecule has 27 heavy (non-hydrogen) atoms. The molecule has 8 heteroatoms. The highest BCUT2D eigenvalue weighted by atomic mass is 32.2. The number of aromatic nitrogens is 2. The van der Waals surface area contributed by atoms with Gasteiger partial charge in [-0.05, 0) is 37.8 Å². The number of allylic oxidation sites excluding steroid dienone is 1. The molecule has 2 aromatic rings. The highest BCUT2D eigenvalue weighted by Crippen LogP contribution is 2.40. The number of fused-ring (bicyclic) bond motifs is 1. The summed E-state index contributed by atoms with van der Waals surface area (Å²) in [6, 6.07) is 7.34. The molecule has 3 rings (SSSR count). The van der Waals surface area contributed by atoms with Gasteiger partial charge in [0.2, 0.25) is 0 Å². The average Bonchev–Trinajstić information content (AvgIpc) is 2.67. The Kier molecular flexibility index (Phi) is 5.55. The highest BCUT2D eigenvalue weighted by molar-refractivity contribution is 7.98. The molecule has 0 bridgehead atoms. The van der Waals surface area contributed by atoms with E-state index in [2.05, 4.69) is 15.3 Å². The molecule has 1 aromatic carbocycles. The van der Waals surface area contributed by atoms with E-state index < -0.39 is 11.9 Å². The van der Waals surface area contributed by atoms with Gasteiger partial charge in [0.1, 0.15) is 11.6 Å². The summed E-state index contributed by atoms with van der Waals surface area (Å²) in [5, 5.41) is 3.59. The van der Waals surface area contributed by atoms with Gasteiger partial charge in [-0.3, -0.25) is 4.79 Å². The standard InChI is InChI=1S/C19H21N3O4S/c1-5-26-12-8-6-11(7-9-12)14-13(18(24)25-3)10(2)20-16-15(14)17(23)22-19(21-16)27-4/h6-9,14H,5H2,1-4H3,(H2,20,21,22,23). The van der Waals surface area contributed by atoms with Gasteiger partial charge in [0.15, 0.2) is 5.16 Å². The van der Waals surface area contributed by atoms with Crippen molar-refractivity contribution in [2.45, 2.75) is 24.9 Å². The number of rotatable bonds is 5. The molecule has 1 aliphatic heterocycles. The maximum Gasteiger partial charge on any atom is 0.336 e. The summed E-state index contributed by atoms with van der Waals surface area (Å²) >= 11 is 1.34. The van der Waals surface area contributed by atoms with Crippen LogP contribution in [0.2, 0.25) is 0 Å². The van der Waals surface area contributed by atoms with E-state index in [9.17, 15) is 9.59 Å². The molecule has 1 unspecified atom stereocenters. The van der Waals surface area contributed by atoms with Crippen molar-refractivity contribution in [2.75, 3.05) is 25.3 Å². The SMILES string of the molecule is CCOc1ccc(C2C(C(=O)OC)=C(C)Nc3nc(SC)[nH]c(=O)c32)cc1. The lowest BCUT2D eigenvalue weighted by atomic mass is 9.82. The molecule has 2 heterocycles. The van der Waals surface area contributed by atoms with E-state index in [1.165, 1.54) is 18.9 Å². The van der Waals surface area contributed by atoms with Crippen molar-refractivity contribution in [3.05, 3.63) is 57.0 Å². The van der Waals surface area contributed by atoms with Crippen molar-refractivity contribution < 1.29 is 14.3 Å². The monoisotopic (exact) mass is 387 g/mol. The first-order chi connectivity index (χ1) is 13.0. The van der Waals surface area contributed by atoms with Crippen molar-refractivity contribution >= 4 is 23.5 Å². The number of H-pyrrole nitrogens is 1. The smallest absolute Gasteiger partial charge is 0.336 e. The van der Waals surface area contributed by atoms with Gasteiger partial charge in [0.05, 0.1) is 30.8 Å². The molecule has 0 saturated carbocycles. The van der Waals surface area contributed by atoms with Crippen molar-refractivity contribution in [1.29, 1.82) is 0 Å². The van der Waals surface area contributed by atoms with Crippen LogP contribution in [0.15, 0.2) is 45.5 Å². The molecular formula is C19H21N3O4S. The zero-order valence-corrected chi connectivity index (χ0v) is 16.4. The fraction of sp³-hybridized carbons (Fsp3) is 0.316. The number of methoxy groups -OCH3 is 1. The number of carbonyl (C=O) groups is 1. The summed E-state index contributed by atoms with van der Waals surface area (Å²) in [7, 11) is 1.33.